The molecule has 14 heavy (non-hydrogen) atoms. The molecule has 0 saturated heterocycles. The Hall–Kier alpha value is -1.42. The van der Waals surface area contributed by atoms with E-state index in [1.807, 2.05) is 12.1 Å². The van der Waals surface area contributed by atoms with Gasteiger partial charge in [-0.25, -0.2) is 4.79 Å². The van der Waals surface area contributed by atoms with E-state index in [0.717, 1.165) is 10.1 Å². The highest BCUT2D eigenvalue weighted by atomic mass is 32.1. The van der Waals surface area contributed by atoms with E-state index in [2.05, 4.69) is 4.98 Å². The van der Waals surface area contributed by atoms with Crippen LogP contribution in [0.15, 0.2) is 24.5 Å². The Kier molecular flexibility index (Phi) is 2.45. The molecule has 0 unspecified atom stereocenters. The van der Waals surface area contributed by atoms with Crippen molar-refractivity contribution in [3.05, 3.63) is 29.4 Å². The Balaban J connectivity index is 2.40. The second-order valence-corrected chi connectivity index (χ2v) is 3.83. The molecule has 3 nitrogen and oxygen atoms in total. The van der Waals surface area contributed by atoms with Crippen molar-refractivity contribution < 1.29 is 9.53 Å². The third-order valence-electron chi connectivity index (χ3n) is 1.80. The van der Waals surface area contributed by atoms with Crippen LogP contribution in [0.4, 0.5) is 0 Å². The summed E-state index contributed by atoms with van der Waals surface area (Å²) in [6, 6.07) is 3.72. The summed E-state index contributed by atoms with van der Waals surface area (Å²) in [6.45, 7) is 2.21. The number of hydrogen-bond donors (Lipinski definition) is 0. The predicted octanol–water partition coefficient (Wildman–Crippen LogP) is 2.47. The van der Waals surface area contributed by atoms with E-state index in [9.17, 15) is 4.79 Å². The minimum atomic E-state index is -0.256. The lowest BCUT2D eigenvalue weighted by Gasteiger charge is -1.95. The zero-order chi connectivity index (χ0) is 9.97. The molecule has 0 spiro atoms. The maximum atomic E-state index is 11.4. The number of esters is 1. The van der Waals surface area contributed by atoms with Crippen LogP contribution in [0.3, 0.4) is 0 Å². The summed E-state index contributed by atoms with van der Waals surface area (Å²) in [5.41, 5.74) is 0. The van der Waals surface area contributed by atoms with Gasteiger partial charge in [0.2, 0.25) is 0 Å². The molecule has 0 amide bonds. The molecule has 0 aliphatic rings. The molecule has 2 rings (SSSR count). The number of fused-ring (bicyclic) bond motifs is 1. The molecule has 4 heteroatoms. The summed E-state index contributed by atoms with van der Waals surface area (Å²) in [6.07, 6.45) is 3.46. The average molecular weight is 207 g/mol. The number of aromatic nitrogens is 1. The van der Waals surface area contributed by atoms with Gasteiger partial charge in [0.15, 0.2) is 0 Å². The van der Waals surface area contributed by atoms with Crippen molar-refractivity contribution in [1.29, 1.82) is 0 Å². The van der Waals surface area contributed by atoms with Crippen molar-refractivity contribution in [2.45, 2.75) is 6.92 Å². The van der Waals surface area contributed by atoms with Gasteiger partial charge in [0.05, 0.1) is 11.3 Å². The van der Waals surface area contributed by atoms with Crippen LogP contribution in [0.5, 0.6) is 0 Å². The van der Waals surface area contributed by atoms with Crippen LogP contribution in [0.2, 0.25) is 0 Å². The molecule has 0 radical (unpaired) electrons. The number of ether oxygens (including phenoxy) is 1. The summed E-state index contributed by atoms with van der Waals surface area (Å²) in [4.78, 5) is 16.0. The molecule has 0 N–H and O–H groups in total. The van der Waals surface area contributed by atoms with Crippen molar-refractivity contribution in [3.8, 4) is 0 Å². The van der Waals surface area contributed by atoms with Gasteiger partial charge >= 0.3 is 5.97 Å². The van der Waals surface area contributed by atoms with Crippen molar-refractivity contribution in [2.24, 2.45) is 0 Å². The fraction of sp³-hybridized carbons (Fsp3) is 0.200. The summed E-state index contributed by atoms with van der Waals surface area (Å²) < 4.78 is 5.92. The van der Waals surface area contributed by atoms with Gasteiger partial charge in [-0.2, -0.15) is 0 Å². The molecule has 2 aromatic heterocycles. The van der Waals surface area contributed by atoms with Crippen LogP contribution in [0.25, 0.3) is 10.1 Å². The van der Waals surface area contributed by atoms with Gasteiger partial charge in [0.25, 0.3) is 0 Å². The quantitative estimate of drug-likeness (QED) is 0.710. The second kappa shape index (κ2) is 3.75. The molecule has 0 fully saturated rings. The largest absolute Gasteiger partial charge is 0.462 e. The van der Waals surface area contributed by atoms with Gasteiger partial charge < -0.3 is 4.74 Å². The number of pyridine rings is 1. The lowest BCUT2D eigenvalue weighted by molar-refractivity contribution is 0.0532. The molecule has 2 heterocycles. The van der Waals surface area contributed by atoms with E-state index in [0.29, 0.717) is 11.5 Å². The van der Waals surface area contributed by atoms with Crippen LogP contribution in [-0.4, -0.2) is 17.6 Å². The number of carbonyl (C=O) groups is 1. The van der Waals surface area contributed by atoms with Gasteiger partial charge in [-0.3, -0.25) is 4.98 Å². The summed E-state index contributed by atoms with van der Waals surface area (Å²) >= 11 is 1.41. The van der Waals surface area contributed by atoms with Crippen molar-refractivity contribution in [1.82, 2.24) is 4.98 Å². The lowest BCUT2D eigenvalue weighted by Crippen LogP contribution is -2.01. The average Bonchev–Trinajstić information content (AvgIpc) is 2.61. The molecule has 0 aliphatic carbocycles. The molecule has 0 atom stereocenters. The summed E-state index contributed by atoms with van der Waals surface area (Å²) in [7, 11) is 0. The summed E-state index contributed by atoms with van der Waals surface area (Å²) in [5, 5.41) is 1.04. The monoisotopic (exact) mass is 207 g/mol. The first-order valence-corrected chi connectivity index (χ1v) is 5.13. The normalized spacial score (nSPS) is 10.4. The first-order valence-electron chi connectivity index (χ1n) is 4.32. The van der Waals surface area contributed by atoms with Crippen LogP contribution in [-0.2, 0) is 4.74 Å². The Bertz CT molecular complexity index is 431. The van der Waals surface area contributed by atoms with E-state index in [-0.39, 0.29) is 5.97 Å². The maximum Gasteiger partial charge on any atom is 0.348 e. The van der Waals surface area contributed by atoms with Gasteiger partial charge in [0.1, 0.15) is 4.88 Å². The van der Waals surface area contributed by atoms with E-state index < -0.39 is 0 Å². The number of carbonyl (C=O) groups excluding carboxylic acids is 1. The highest BCUT2D eigenvalue weighted by Gasteiger charge is 2.10. The van der Waals surface area contributed by atoms with E-state index >= 15 is 0 Å². The first kappa shape index (κ1) is 9.15. The predicted molar refractivity (Wildman–Crippen MR) is 55.6 cm³/mol. The number of rotatable bonds is 2. The zero-order valence-electron chi connectivity index (χ0n) is 7.69. The highest BCUT2D eigenvalue weighted by Crippen LogP contribution is 2.24. The molecular formula is C10H9NO2S. The molecule has 0 saturated carbocycles. The third-order valence-corrected chi connectivity index (χ3v) is 2.87. The summed E-state index contributed by atoms with van der Waals surface area (Å²) in [5.74, 6) is -0.256. The van der Waals surface area contributed by atoms with Crippen molar-refractivity contribution >= 4 is 27.4 Å². The Morgan fingerprint density at radius 1 is 1.64 bits per heavy atom. The molecule has 0 bridgehead atoms. The molecular weight excluding hydrogens is 198 g/mol. The van der Waals surface area contributed by atoms with E-state index in [1.165, 1.54) is 11.3 Å². The van der Waals surface area contributed by atoms with Crippen LogP contribution in [0, 0.1) is 0 Å². The Morgan fingerprint density at radius 2 is 2.50 bits per heavy atom. The standard InChI is InChI=1S/C10H9NO2S/c1-2-13-10(12)8-5-7-3-4-11-6-9(7)14-8/h3-6H,2H2,1H3. The van der Waals surface area contributed by atoms with E-state index in [4.69, 9.17) is 4.74 Å². The Morgan fingerprint density at radius 3 is 3.21 bits per heavy atom. The van der Waals surface area contributed by atoms with Gasteiger partial charge in [-0.1, -0.05) is 0 Å². The SMILES string of the molecule is CCOC(=O)c1cc2ccncc2s1. The molecule has 2 aromatic rings. The van der Waals surface area contributed by atoms with Crippen LogP contribution in [0.1, 0.15) is 16.6 Å². The smallest absolute Gasteiger partial charge is 0.348 e. The van der Waals surface area contributed by atoms with Crippen LogP contribution < -0.4 is 0 Å². The number of nitrogens with zero attached hydrogens (tertiary/aromatic N) is 1. The third kappa shape index (κ3) is 1.61. The fourth-order valence-electron chi connectivity index (χ4n) is 1.19. The van der Waals surface area contributed by atoms with E-state index in [1.54, 1.807) is 19.3 Å². The molecule has 0 aliphatic heterocycles. The minimum Gasteiger partial charge on any atom is -0.462 e. The first-order chi connectivity index (χ1) is 6.81. The maximum absolute atomic E-state index is 11.4. The Labute approximate surface area is 85.3 Å². The number of thiophene rings is 1. The second-order valence-electron chi connectivity index (χ2n) is 2.74. The molecule has 0 aromatic carbocycles. The highest BCUT2D eigenvalue weighted by molar-refractivity contribution is 7.20. The lowest BCUT2D eigenvalue weighted by atomic mass is 10.3. The zero-order valence-corrected chi connectivity index (χ0v) is 8.50. The van der Waals surface area contributed by atoms with Gasteiger partial charge in [-0.05, 0) is 24.4 Å². The molecule has 72 valence electrons. The van der Waals surface area contributed by atoms with Gasteiger partial charge in [0, 0.05) is 12.4 Å². The van der Waals surface area contributed by atoms with Gasteiger partial charge in [-0.15, -0.1) is 11.3 Å². The minimum absolute atomic E-state index is 0.256. The van der Waals surface area contributed by atoms with Crippen molar-refractivity contribution in [2.75, 3.05) is 6.61 Å². The topological polar surface area (TPSA) is 39.2 Å². The fourth-order valence-corrected chi connectivity index (χ4v) is 2.11. The number of hydrogen-bond acceptors (Lipinski definition) is 4. The van der Waals surface area contributed by atoms with Crippen LogP contribution >= 0.6 is 11.3 Å². The van der Waals surface area contributed by atoms with Crippen molar-refractivity contribution in [3.63, 3.8) is 0 Å².